The van der Waals surface area contributed by atoms with Crippen molar-refractivity contribution in [3.8, 4) is 0 Å². The highest BCUT2D eigenvalue weighted by atomic mass is 16.2. The van der Waals surface area contributed by atoms with Crippen molar-refractivity contribution in [2.45, 2.75) is 76.7 Å². The van der Waals surface area contributed by atoms with E-state index in [1.807, 2.05) is 24.3 Å². The Hall–Kier alpha value is -2.46. The van der Waals surface area contributed by atoms with Crippen molar-refractivity contribution in [1.29, 1.82) is 0 Å². The summed E-state index contributed by atoms with van der Waals surface area (Å²) in [6.07, 6.45) is 6.09. The van der Waals surface area contributed by atoms with E-state index in [0.717, 1.165) is 24.8 Å². The van der Waals surface area contributed by atoms with Crippen molar-refractivity contribution in [1.82, 2.24) is 0 Å². The molecule has 1 aliphatic carbocycles. The first-order valence-corrected chi connectivity index (χ1v) is 11.2. The number of unbranched alkanes of at least 4 members (excludes halogenated alkanes) is 4. The van der Waals surface area contributed by atoms with Crippen LogP contribution in [0.3, 0.4) is 0 Å². The molecule has 0 radical (unpaired) electrons. The molecular weight excluding hydrogens is 372 g/mol. The van der Waals surface area contributed by atoms with Crippen molar-refractivity contribution in [2.75, 3.05) is 5.73 Å². The van der Waals surface area contributed by atoms with Crippen LogP contribution in [0.1, 0.15) is 97.1 Å². The summed E-state index contributed by atoms with van der Waals surface area (Å²) in [5.41, 5.74) is 14.3. The molecule has 4 N–H and O–H groups in total. The molecule has 0 amide bonds. The van der Waals surface area contributed by atoms with E-state index in [0.29, 0.717) is 34.7 Å². The number of carbonyl (C=O) groups is 2. The number of fused-ring (bicyclic) bond motifs is 1. The number of hydrogen-bond donors (Lipinski definition) is 2. The maximum Gasteiger partial charge on any atom is 0.185 e. The van der Waals surface area contributed by atoms with Crippen LogP contribution >= 0.6 is 0 Å². The summed E-state index contributed by atoms with van der Waals surface area (Å²) in [5.74, 6) is -0.0998. The summed E-state index contributed by atoms with van der Waals surface area (Å²) in [6.45, 7) is 6.42. The second kappa shape index (κ2) is 9.13. The zero-order chi connectivity index (χ0) is 21.9. The largest absolute Gasteiger partial charge is 0.398 e. The summed E-state index contributed by atoms with van der Waals surface area (Å²) in [7, 11) is 0. The smallest absolute Gasteiger partial charge is 0.185 e. The van der Waals surface area contributed by atoms with Crippen molar-refractivity contribution in [3.63, 3.8) is 0 Å². The van der Waals surface area contributed by atoms with Crippen LogP contribution in [0.2, 0.25) is 0 Å². The molecule has 4 heteroatoms. The van der Waals surface area contributed by atoms with Crippen LogP contribution in [0.25, 0.3) is 0 Å². The molecule has 0 aliphatic heterocycles. The Balaban J connectivity index is 2.03. The summed E-state index contributed by atoms with van der Waals surface area (Å²) in [4.78, 5) is 27.5. The molecule has 1 aliphatic rings. The van der Waals surface area contributed by atoms with E-state index < -0.39 is 11.5 Å². The van der Waals surface area contributed by atoms with Gasteiger partial charge in [0.05, 0.1) is 5.56 Å². The molecule has 0 spiro atoms. The number of carbonyl (C=O) groups excluding carboxylic acids is 2. The highest BCUT2D eigenvalue weighted by Gasteiger charge is 2.58. The van der Waals surface area contributed by atoms with Crippen LogP contribution in [0.15, 0.2) is 42.5 Å². The van der Waals surface area contributed by atoms with Gasteiger partial charge in [-0.05, 0) is 29.5 Å². The van der Waals surface area contributed by atoms with Gasteiger partial charge in [-0.1, -0.05) is 89.3 Å². The highest BCUT2D eigenvalue weighted by Crippen LogP contribution is 2.45. The average molecular weight is 407 g/mol. The minimum Gasteiger partial charge on any atom is -0.398 e. The van der Waals surface area contributed by atoms with E-state index in [1.54, 1.807) is 18.2 Å². The first-order valence-electron chi connectivity index (χ1n) is 11.2. The molecule has 0 bridgehead atoms. The van der Waals surface area contributed by atoms with Crippen molar-refractivity contribution >= 4 is 17.3 Å². The molecule has 0 saturated heterocycles. The molecule has 2 aromatic carbocycles. The second-order valence-corrected chi connectivity index (χ2v) is 8.82. The zero-order valence-electron chi connectivity index (χ0n) is 18.4. The lowest BCUT2D eigenvalue weighted by molar-refractivity contribution is 0.0760. The Bertz CT molecular complexity index is 917. The standard InChI is InChI=1S/C26H34N2O2/c1-4-5-6-7-8-12-22(28)26(19-15-13-18(14-16-19)17(2)3)24(29)20-10-9-11-21(27)23(20)25(26)30/h9-11,13-17,22H,4-8,12,27-28H2,1-3H3. The molecule has 2 unspecified atom stereocenters. The fraction of sp³-hybridized carbons (Fsp3) is 0.462. The summed E-state index contributed by atoms with van der Waals surface area (Å²) < 4.78 is 0. The molecule has 0 heterocycles. The number of anilines is 1. The number of hydrogen-bond acceptors (Lipinski definition) is 4. The van der Waals surface area contributed by atoms with Gasteiger partial charge in [0.25, 0.3) is 0 Å². The maximum absolute atomic E-state index is 13.8. The third-order valence-electron chi connectivity index (χ3n) is 6.49. The van der Waals surface area contributed by atoms with E-state index in [-0.39, 0.29) is 11.6 Å². The first-order chi connectivity index (χ1) is 14.4. The Labute approximate surface area is 180 Å². The third-order valence-corrected chi connectivity index (χ3v) is 6.49. The molecule has 3 rings (SSSR count). The number of rotatable bonds is 9. The van der Waals surface area contributed by atoms with Gasteiger partial charge in [0.15, 0.2) is 11.6 Å². The van der Waals surface area contributed by atoms with E-state index in [4.69, 9.17) is 11.5 Å². The molecule has 30 heavy (non-hydrogen) atoms. The number of benzene rings is 2. The topological polar surface area (TPSA) is 86.2 Å². The summed E-state index contributed by atoms with van der Waals surface area (Å²) >= 11 is 0. The van der Waals surface area contributed by atoms with E-state index in [9.17, 15) is 9.59 Å². The minimum atomic E-state index is -1.39. The lowest BCUT2D eigenvalue weighted by atomic mass is 9.68. The Morgan fingerprint density at radius 2 is 1.57 bits per heavy atom. The van der Waals surface area contributed by atoms with Crippen LogP contribution in [-0.2, 0) is 5.41 Å². The quantitative estimate of drug-likeness (QED) is 0.332. The van der Waals surface area contributed by atoms with Gasteiger partial charge < -0.3 is 11.5 Å². The predicted molar refractivity (Wildman–Crippen MR) is 123 cm³/mol. The van der Waals surface area contributed by atoms with Crippen LogP contribution in [0, 0.1) is 0 Å². The molecule has 2 aromatic rings. The predicted octanol–water partition coefficient (Wildman–Crippen LogP) is 5.40. The molecule has 4 nitrogen and oxygen atoms in total. The van der Waals surface area contributed by atoms with Crippen LogP contribution in [-0.4, -0.2) is 17.6 Å². The van der Waals surface area contributed by atoms with Crippen molar-refractivity contribution in [2.24, 2.45) is 5.73 Å². The van der Waals surface area contributed by atoms with E-state index in [2.05, 4.69) is 20.8 Å². The highest BCUT2D eigenvalue weighted by molar-refractivity contribution is 6.35. The van der Waals surface area contributed by atoms with E-state index >= 15 is 0 Å². The normalized spacial score (nSPS) is 19.4. The lowest BCUT2D eigenvalue weighted by Gasteiger charge is -2.33. The zero-order valence-corrected chi connectivity index (χ0v) is 18.4. The fourth-order valence-corrected chi connectivity index (χ4v) is 4.65. The van der Waals surface area contributed by atoms with Gasteiger partial charge in [0, 0.05) is 17.3 Å². The van der Waals surface area contributed by atoms with Crippen LogP contribution < -0.4 is 11.5 Å². The molecule has 2 atom stereocenters. The van der Waals surface area contributed by atoms with Gasteiger partial charge in [-0.15, -0.1) is 0 Å². The SMILES string of the molecule is CCCCCCCC(N)C1(c2ccc(C(C)C)cc2)C(=O)c2cccc(N)c2C1=O. The minimum absolute atomic E-state index is 0.215. The second-order valence-electron chi connectivity index (χ2n) is 8.82. The van der Waals surface area contributed by atoms with Gasteiger partial charge >= 0.3 is 0 Å². The monoisotopic (exact) mass is 406 g/mol. The summed E-state index contributed by atoms with van der Waals surface area (Å²) in [6, 6.07) is 12.3. The Morgan fingerprint density at radius 1 is 0.900 bits per heavy atom. The van der Waals surface area contributed by atoms with Gasteiger partial charge in [0.1, 0.15) is 5.41 Å². The number of ketones is 2. The maximum atomic E-state index is 13.8. The molecule has 0 aromatic heterocycles. The van der Waals surface area contributed by atoms with Gasteiger partial charge in [-0.3, -0.25) is 9.59 Å². The number of Topliss-reactive ketones (excluding diaryl/α,β-unsaturated/α-hetero) is 2. The first kappa shape index (κ1) is 22.2. The summed E-state index contributed by atoms with van der Waals surface area (Å²) in [5, 5.41) is 0. The lowest BCUT2D eigenvalue weighted by Crippen LogP contribution is -2.53. The third kappa shape index (κ3) is 3.69. The average Bonchev–Trinajstić information content (AvgIpc) is 2.96. The van der Waals surface area contributed by atoms with Gasteiger partial charge in [-0.2, -0.15) is 0 Å². The molecule has 160 valence electrons. The molecule has 0 fully saturated rings. The number of nitrogens with two attached hydrogens (primary N) is 2. The Kier molecular flexibility index (Phi) is 6.77. The Morgan fingerprint density at radius 3 is 2.17 bits per heavy atom. The van der Waals surface area contributed by atoms with Gasteiger partial charge in [-0.25, -0.2) is 0 Å². The van der Waals surface area contributed by atoms with E-state index in [1.165, 1.54) is 12.8 Å². The van der Waals surface area contributed by atoms with Crippen molar-refractivity contribution in [3.05, 3.63) is 64.7 Å². The van der Waals surface area contributed by atoms with Crippen molar-refractivity contribution < 1.29 is 9.59 Å². The van der Waals surface area contributed by atoms with Gasteiger partial charge in [0.2, 0.25) is 0 Å². The molecule has 0 saturated carbocycles. The van der Waals surface area contributed by atoms with Crippen LogP contribution in [0.5, 0.6) is 0 Å². The van der Waals surface area contributed by atoms with Crippen LogP contribution in [0.4, 0.5) is 5.69 Å². The fourth-order valence-electron chi connectivity index (χ4n) is 4.65. The number of nitrogen functional groups attached to an aromatic ring is 1. The molecular formula is C26H34N2O2.